The lowest BCUT2D eigenvalue weighted by atomic mass is 10.0. The minimum absolute atomic E-state index is 0.300. The van der Waals surface area contributed by atoms with Gasteiger partial charge in [-0.2, -0.15) is 0 Å². The third kappa shape index (κ3) is 4.93. The maximum absolute atomic E-state index is 11.8. The van der Waals surface area contributed by atoms with E-state index in [0.717, 1.165) is 36.7 Å². The van der Waals surface area contributed by atoms with Crippen LogP contribution in [0.3, 0.4) is 0 Å². The van der Waals surface area contributed by atoms with Crippen molar-refractivity contribution in [3.05, 3.63) is 78.4 Å². The fraction of sp³-hybridized carbons (Fsp3) is 0.333. The van der Waals surface area contributed by atoms with Crippen LogP contribution in [-0.2, 0) is 4.74 Å². The van der Waals surface area contributed by atoms with Gasteiger partial charge < -0.3 is 9.64 Å². The number of esters is 1. The first-order valence-electron chi connectivity index (χ1n) is 9.97. The Labute approximate surface area is 173 Å². The van der Waals surface area contributed by atoms with Crippen LogP contribution in [0.1, 0.15) is 29.8 Å². The number of rotatable bonds is 5. The second kappa shape index (κ2) is 9.52. The SMILES string of the molecule is C=CCN1C[C@H](C)N(C(=Nc2ccccc2)c2ccc(C(=O)OC)cc2)C[C@H]1C. The summed E-state index contributed by atoms with van der Waals surface area (Å²) in [6.07, 6.45) is 1.96. The lowest BCUT2D eigenvalue weighted by Gasteiger charge is -2.45. The Bertz CT molecular complexity index is 861. The smallest absolute Gasteiger partial charge is 0.337 e. The topological polar surface area (TPSA) is 45.1 Å². The van der Waals surface area contributed by atoms with Gasteiger partial charge in [0.1, 0.15) is 5.84 Å². The molecule has 0 aromatic heterocycles. The molecular formula is C24H29N3O2. The van der Waals surface area contributed by atoms with Crippen molar-refractivity contribution in [3.63, 3.8) is 0 Å². The normalized spacial score (nSPS) is 20.4. The third-order valence-electron chi connectivity index (χ3n) is 5.31. The van der Waals surface area contributed by atoms with Crippen molar-refractivity contribution >= 4 is 17.5 Å². The fourth-order valence-corrected chi connectivity index (χ4v) is 3.71. The molecule has 5 nitrogen and oxygen atoms in total. The molecule has 2 aromatic rings. The highest BCUT2D eigenvalue weighted by Crippen LogP contribution is 2.22. The van der Waals surface area contributed by atoms with Gasteiger partial charge >= 0.3 is 5.97 Å². The van der Waals surface area contributed by atoms with Gasteiger partial charge in [-0.3, -0.25) is 4.90 Å². The highest BCUT2D eigenvalue weighted by atomic mass is 16.5. The van der Waals surface area contributed by atoms with E-state index in [1.54, 1.807) is 12.1 Å². The highest BCUT2D eigenvalue weighted by Gasteiger charge is 2.31. The Hall–Kier alpha value is -2.92. The van der Waals surface area contributed by atoms with E-state index in [1.165, 1.54) is 7.11 Å². The zero-order valence-electron chi connectivity index (χ0n) is 17.4. The maximum atomic E-state index is 11.8. The first-order valence-corrected chi connectivity index (χ1v) is 9.97. The molecule has 0 amide bonds. The molecule has 0 aliphatic carbocycles. The summed E-state index contributed by atoms with van der Waals surface area (Å²) in [7, 11) is 1.39. The van der Waals surface area contributed by atoms with Crippen molar-refractivity contribution in [3.8, 4) is 0 Å². The fourth-order valence-electron chi connectivity index (χ4n) is 3.71. The number of ether oxygens (including phenoxy) is 1. The lowest BCUT2D eigenvalue weighted by Crippen LogP contribution is -2.58. The van der Waals surface area contributed by atoms with E-state index in [1.807, 2.05) is 48.5 Å². The number of para-hydroxylation sites is 1. The molecular weight excluding hydrogens is 362 g/mol. The van der Waals surface area contributed by atoms with E-state index in [0.29, 0.717) is 17.6 Å². The zero-order chi connectivity index (χ0) is 20.8. The Balaban J connectivity index is 1.97. The summed E-state index contributed by atoms with van der Waals surface area (Å²) in [5, 5.41) is 0. The number of carbonyl (C=O) groups excluding carboxylic acids is 1. The number of piperazine rings is 1. The first-order chi connectivity index (χ1) is 14.0. The van der Waals surface area contributed by atoms with Crippen LogP contribution < -0.4 is 0 Å². The van der Waals surface area contributed by atoms with Crippen LogP contribution in [0.5, 0.6) is 0 Å². The van der Waals surface area contributed by atoms with Crippen molar-refractivity contribution in [2.45, 2.75) is 25.9 Å². The van der Waals surface area contributed by atoms with E-state index in [4.69, 9.17) is 9.73 Å². The van der Waals surface area contributed by atoms with E-state index >= 15 is 0 Å². The van der Waals surface area contributed by atoms with Gasteiger partial charge in [-0.25, -0.2) is 9.79 Å². The minimum atomic E-state index is -0.335. The predicted molar refractivity (Wildman–Crippen MR) is 118 cm³/mol. The van der Waals surface area contributed by atoms with Gasteiger partial charge in [-0.15, -0.1) is 6.58 Å². The number of hydrogen-bond donors (Lipinski definition) is 0. The Morgan fingerprint density at radius 1 is 1.07 bits per heavy atom. The second-order valence-electron chi connectivity index (χ2n) is 7.43. The Morgan fingerprint density at radius 2 is 1.72 bits per heavy atom. The number of aliphatic imine (C=N–C) groups is 1. The van der Waals surface area contributed by atoms with Crippen LogP contribution in [0.15, 0.2) is 72.2 Å². The van der Waals surface area contributed by atoms with Gasteiger partial charge in [-0.05, 0) is 38.1 Å². The average molecular weight is 392 g/mol. The van der Waals surface area contributed by atoms with Crippen LogP contribution in [0.25, 0.3) is 0 Å². The van der Waals surface area contributed by atoms with Gasteiger partial charge in [0, 0.05) is 37.3 Å². The molecule has 2 aromatic carbocycles. The van der Waals surface area contributed by atoms with E-state index in [9.17, 15) is 4.79 Å². The standard InChI is InChI=1S/C24H29N3O2/c1-5-15-26-16-19(3)27(17-18(26)2)23(25-22-9-7-6-8-10-22)20-11-13-21(14-12-20)24(28)29-4/h5-14,18-19H,1,15-17H2,2-4H3/t18-,19+/m1/s1. The zero-order valence-corrected chi connectivity index (χ0v) is 17.4. The summed E-state index contributed by atoms with van der Waals surface area (Å²) < 4.78 is 4.82. The largest absolute Gasteiger partial charge is 0.465 e. The van der Waals surface area contributed by atoms with Crippen LogP contribution in [0, 0.1) is 0 Å². The molecule has 1 saturated heterocycles. The van der Waals surface area contributed by atoms with Crippen LogP contribution in [0.2, 0.25) is 0 Å². The molecule has 5 heteroatoms. The van der Waals surface area contributed by atoms with Crippen molar-refractivity contribution in [1.82, 2.24) is 9.80 Å². The van der Waals surface area contributed by atoms with E-state index in [-0.39, 0.29) is 5.97 Å². The van der Waals surface area contributed by atoms with Gasteiger partial charge in [0.25, 0.3) is 0 Å². The molecule has 152 valence electrons. The molecule has 0 radical (unpaired) electrons. The first kappa shape index (κ1) is 20.8. The number of nitrogens with zero attached hydrogens (tertiary/aromatic N) is 3. The van der Waals surface area contributed by atoms with E-state index in [2.05, 4.69) is 30.2 Å². The van der Waals surface area contributed by atoms with Gasteiger partial charge in [0.15, 0.2) is 0 Å². The molecule has 0 N–H and O–H groups in total. The van der Waals surface area contributed by atoms with E-state index < -0.39 is 0 Å². The maximum Gasteiger partial charge on any atom is 0.337 e. The molecule has 29 heavy (non-hydrogen) atoms. The molecule has 2 atom stereocenters. The third-order valence-corrected chi connectivity index (χ3v) is 5.31. The summed E-state index contributed by atoms with van der Waals surface area (Å²) in [6.45, 7) is 11.1. The van der Waals surface area contributed by atoms with Crippen LogP contribution in [-0.4, -0.2) is 60.4 Å². The van der Waals surface area contributed by atoms with Gasteiger partial charge in [0.05, 0.1) is 18.4 Å². The van der Waals surface area contributed by atoms with Crippen molar-refractivity contribution < 1.29 is 9.53 Å². The molecule has 0 unspecified atom stereocenters. The van der Waals surface area contributed by atoms with Crippen LogP contribution in [0.4, 0.5) is 5.69 Å². The summed E-state index contributed by atoms with van der Waals surface area (Å²) >= 11 is 0. The number of carbonyl (C=O) groups is 1. The summed E-state index contributed by atoms with van der Waals surface area (Å²) in [5.41, 5.74) is 2.43. The van der Waals surface area contributed by atoms with Crippen molar-refractivity contribution in [1.29, 1.82) is 0 Å². The molecule has 0 saturated carbocycles. The molecule has 0 spiro atoms. The Kier molecular flexibility index (Phi) is 6.83. The van der Waals surface area contributed by atoms with Crippen molar-refractivity contribution in [2.75, 3.05) is 26.7 Å². The monoisotopic (exact) mass is 391 g/mol. The minimum Gasteiger partial charge on any atom is -0.465 e. The number of hydrogen-bond acceptors (Lipinski definition) is 4. The van der Waals surface area contributed by atoms with Crippen LogP contribution >= 0.6 is 0 Å². The number of benzene rings is 2. The molecule has 1 fully saturated rings. The van der Waals surface area contributed by atoms with Crippen molar-refractivity contribution in [2.24, 2.45) is 4.99 Å². The molecule has 1 aliphatic heterocycles. The molecule has 0 bridgehead atoms. The quantitative estimate of drug-likeness (QED) is 0.333. The van der Waals surface area contributed by atoms with Gasteiger partial charge in [0.2, 0.25) is 0 Å². The number of methoxy groups -OCH3 is 1. The predicted octanol–water partition coefficient (Wildman–Crippen LogP) is 4.13. The Morgan fingerprint density at radius 3 is 2.34 bits per heavy atom. The average Bonchev–Trinajstić information content (AvgIpc) is 2.75. The summed E-state index contributed by atoms with van der Waals surface area (Å²) in [6, 6.07) is 18.2. The lowest BCUT2D eigenvalue weighted by molar-refractivity contribution is 0.0600. The number of amidine groups is 1. The van der Waals surface area contributed by atoms with Gasteiger partial charge in [-0.1, -0.05) is 36.4 Å². The highest BCUT2D eigenvalue weighted by molar-refractivity contribution is 6.01. The molecule has 1 aliphatic rings. The summed E-state index contributed by atoms with van der Waals surface area (Å²) in [5.74, 6) is 0.586. The molecule has 1 heterocycles. The molecule has 3 rings (SSSR count). The second-order valence-corrected chi connectivity index (χ2v) is 7.43. The summed E-state index contributed by atoms with van der Waals surface area (Å²) in [4.78, 5) is 21.6.